The van der Waals surface area contributed by atoms with Gasteiger partial charge in [0.1, 0.15) is 13.2 Å². The molecule has 0 aromatic carbocycles. The van der Waals surface area contributed by atoms with E-state index in [1.54, 1.807) is 0 Å². The van der Waals surface area contributed by atoms with Gasteiger partial charge in [-0.15, -0.1) is 0 Å². The molecule has 0 N–H and O–H groups in total. The van der Waals surface area contributed by atoms with Crippen molar-refractivity contribution in [1.82, 2.24) is 0 Å². The summed E-state index contributed by atoms with van der Waals surface area (Å²) in [5.41, 5.74) is 0. The maximum absolute atomic E-state index is 13.0. The number of likely N-dealkylation sites (N-methyl/N-ethyl adjacent to an activating group) is 1. The van der Waals surface area contributed by atoms with Crippen molar-refractivity contribution >= 4 is 17.9 Å². The van der Waals surface area contributed by atoms with Crippen LogP contribution in [0.1, 0.15) is 309 Å². The molecule has 9 nitrogen and oxygen atoms in total. The Morgan fingerprint density at radius 3 is 0.808 bits per heavy atom. The molecule has 0 rings (SSSR count). The SMILES string of the molecule is CC/C=C\C/C=C\C/C=C\C/C=C\C/C=C\C/C=C\C/C=C\C/C=C\CCCCCCCCCCCCCCC(=O)OC(COC(=O)CCCCCCCCCCCCCCCCC/C=C\C/C=C\C/C=C\C/C=C\C/C=C\C/C=C\C/C=C\CC)COC(OCC[N+](C)(C)C)C(=O)[O-]. The molecule has 0 aliphatic carbocycles. The number of carboxylic acids is 1. The predicted octanol–water partition coefficient (Wildman–Crippen LogP) is 24.6. The number of quaternary nitrogens is 1. The molecule has 99 heavy (non-hydrogen) atoms. The summed E-state index contributed by atoms with van der Waals surface area (Å²) in [5.74, 6) is -2.29. The maximum Gasteiger partial charge on any atom is 0.306 e. The molecule has 0 aliphatic heterocycles. The lowest BCUT2D eigenvalue weighted by Crippen LogP contribution is -2.44. The van der Waals surface area contributed by atoms with Crippen LogP contribution in [0.3, 0.4) is 0 Å². The third-order valence-electron chi connectivity index (χ3n) is 16.6. The van der Waals surface area contributed by atoms with Crippen molar-refractivity contribution in [3.05, 3.63) is 182 Å². The summed E-state index contributed by atoms with van der Waals surface area (Å²) in [4.78, 5) is 37.6. The standard InChI is InChI=1S/C90H147NO8/c1-6-8-10-12-14-16-18-20-22-24-26-28-30-32-34-36-38-40-42-44-46-48-50-52-54-56-58-60-62-64-66-68-70-72-74-76-78-80-87(92)97-84-86(85-98-90(89(94)95)96-83-82-91(3,4)5)99-88(93)81-79-77-75-73-71-69-67-65-63-61-59-57-55-53-51-49-47-45-43-41-39-37-35-33-31-29-27-25-23-21-19-17-15-13-11-9-7-2/h8-11,14-17,20-23,26-29,32-35,38-41,44-47,51,53,86,90H,6-7,12-13,18-19,24-25,30-31,36-37,42-43,48-50,52,54-85H2,1-5H3/b10-8-,11-9-,16-14-,17-15-,22-20-,23-21-,28-26-,29-27-,34-32-,35-33-,40-38-,41-39-,46-44-,47-45-,53-51-. The van der Waals surface area contributed by atoms with Gasteiger partial charge < -0.3 is 33.3 Å². The van der Waals surface area contributed by atoms with Gasteiger partial charge in [-0.1, -0.05) is 344 Å². The summed E-state index contributed by atoms with van der Waals surface area (Å²) in [6.07, 6.45) is 116. The van der Waals surface area contributed by atoms with Crippen molar-refractivity contribution in [3.8, 4) is 0 Å². The first-order chi connectivity index (χ1) is 48.6. The molecule has 0 aliphatic rings. The molecule has 2 atom stereocenters. The van der Waals surface area contributed by atoms with E-state index in [1.165, 1.54) is 135 Å². The molecule has 0 saturated carbocycles. The molecule has 0 saturated heterocycles. The van der Waals surface area contributed by atoms with Gasteiger partial charge in [-0.05, 0) is 135 Å². The molecule has 9 heteroatoms. The summed E-state index contributed by atoms with van der Waals surface area (Å²) in [6.45, 7) is 4.52. The van der Waals surface area contributed by atoms with Crippen molar-refractivity contribution in [2.45, 2.75) is 322 Å². The second-order valence-electron chi connectivity index (χ2n) is 27.2. The number of rotatable bonds is 72. The van der Waals surface area contributed by atoms with Crippen LogP contribution in [0, 0.1) is 0 Å². The fraction of sp³-hybridized carbons (Fsp3) is 0.633. The number of carbonyl (C=O) groups is 3. The molecule has 0 radical (unpaired) electrons. The third-order valence-corrected chi connectivity index (χ3v) is 16.6. The summed E-state index contributed by atoms with van der Waals surface area (Å²) in [6, 6.07) is 0. The van der Waals surface area contributed by atoms with Crippen LogP contribution in [0.15, 0.2) is 182 Å². The van der Waals surface area contributed by atoms with E-state index >= 15 is 0 Å². The van der Waals surface area contributed by atoms with Crippen molar-refractivity contribution in [2.75, 3.05) is 47.5 Å². The lowest BCUT2D eigenvalue weighted by atomic mass is 10.0. The van der Waals surface area contributed by atoms with Crippen molar-refractivity contribution < 1.29 is 42.9 Å². The number of unbranched alkanes of at least 4 members (excludes halogenated alkanes) is 27. The molecule has 0 spiro atoms. The van der Waals surface area contributed by atoms with Crippen LogP contribution < -0.4 is 5.11 Å². The minimum absolute atomic E-state index is 0.140. The second kappa shape index (κ2) is 78.1. The van der Waals surface area contributed by atoms with Crippen LogP contribution in [-0.4, -0.2) is 82.3 Å². The first-order valence-electron chi connectivity index (χ1n) is 39.9. The van der Waals surface area contributed by atoms with Gasteiger partial charge in [0.05, 0.1) is 40.3 Å². The van der Waals surface area contributed by atoms with Gasteiger partial charge in [0.15, 0.2) is 12.4 Å². The molecule has 0 heterocycles. The van der Waals surface area contributed by atoms with E-state index in [2.05, 4.69) is 196 Å². The lowest BCUT2D eigenvalue weighted by molar-refractivity contribution is -0.870. The molecule has 0 aromatic rings. The van der Waals surface area contributed by atoms with Crippen LogP contribution in [0.5, 0.6) is 0 Å². The number of carbonyl (C=O) groups excluding carboxylic acids is 3. The molecule has 0 bridgehead atoms. The normalized spacial score (nSPS) is 13.7. The minimum Gasteiger partial charge on any atom is -0.545 e. The Labute approximate surface area is 609 Å². The molecule has 0 fully saturated rings. The van der Waals surface area contributed by atoms with Crippen molar-refractivity contribution in [1.29, 1.82) is 0 Å². The van der Waals surface area contributed by atoms with E-state index in [-0.39, 0.29) is 38.6 Å². The average molecular weight is 1370 g/mol. The second-order valence-corrected chi connectivity index (χ2v) is 27.2. The number of esters is 2. The Balaban J connectivity index is 4.09. The van der Waals surface area contributed by atoms with E-state index in [4.69, 9.17) is 18.9 Å². The first kappa shape index (κ1) is 93.4. The van der Waals surface area contributed by atoms with E-state index < -0.39 is 24.3 Å². The van der Waals surface area contributed by atoms with E-state index in [0.29, 0.717) is 17.4 Å². The Morgan fingerprint density at radius 2 is 0.545 bits per heavy atom. The highest BCUT2D eigenvalue weighted by molar-refractivity contribution is 5.70. The number of allylic oxidation sites excluding steroid dienone is 30. The van der Waals surface area contributed by atoms with Gasteiger partial charge in [0.2, 0.25) is 0 Å². The lowest BCUT2D eigenvalue weighted by Gasteiger charge is -2.26. The number of hydrogen-bond acceptors (Lipinski definition) is 8. The summed E-state index contributed by atoms with van der Waals surface area (Å²) >= 11 is 0. The summed E-state index contributed by atoms with van der Waals surface area (Å²) in [5, 5.41) is 11.9. The van der Waals surface area contributed by atoms with Gasteiger partial charge in [-0.2, -0.15) is 0 Å². The van der Waals surface area contributed by atoms with Gasteiger partial charge in [-0.25, -0.2) is 0 Å². The van der Waals surface area contributed by atoms with Crippen LogP contribution >= 0.6 is 0 Å². The minimum atomic E-state index is -1.63. The Bertz CT molecular complexity index is 2290. The van der Waals surface area contributed by atoms with E-state index in [0.717, 1.165) is 141 Å². The zero-order valence-electron chi connectivity index (χ0n) is 64.0. The molecule has 0 amide bonds. The predicted molar refractivity (Wildman–Crippen MR) is 425 cm³/mol. The van der Waals surface area contributed by atoms with Crippen molar-refractivity contribution in [2.24, 2.45) is 0 Å². The van der Waals surface area contributed by atoms with Crippen LogP contribution in [-0.2, 0) is 33.3 Å². The smallest absolute Gasteiger partial charge is 0.306 e. The van der Waals surface area contributed by atoms with Crippen LogP contribution in [0.2, 0.25) is 0 Å². The fourth-order valence-electron chi connectivity index (χ4n) is 10.7. The number of hydrogen-bond donors (Lipinski definition) is 0. The van der Waals surface area contributed by atoms with Crippen LogP contribution in [0.25, 0.3) is 0 Å². The zero-order chi connectivity index (χ0) is 71.8. The Morgan fingerprint density at radius 1 is 0.303 bits per heavy atom. The highest BCUT2D eigenvalue weighted by atomic mass is 16.7. The molecular formula is C90H147NO8. The topological polar surface area (TPSA) is 111 Å². The van der Waals surface area contributed by atoms with Crippen molar-refractivity contribution in [3.63, 3.8) is 0 Å². The number of ether oxygens (including phenoxy) is 4. The highest BCUT2D eigenvalue weighted by Crippen LogP contribution is 2.17. The maximum atomic E-state index is 13.0. The molecule has 560 valence electrons. The summed E-state index contributed by atoms with van der Waals surface area (Å²) < 4.78 is 22.9. The average Bonchev–Trinajstić information content (AvgIpc) is 2.19. The number of nitrogens with zero attached hydrogens (tertiary/aromatic N) is 1. The molecule has 2 unspecified atom stereocenters. The van der Waals surface area contributed by atoms with Gasteiger partial charge in [0, 0.05) is 12.8 Å². The Hall–Kier alpha value is -5.61. The van der Waals surface area contributed by atoms with Gasteiger partial charge in [0.25, 0.3) is 0 Å². The molecular weight excluding hydrogens is 1220 g/mol. The third kappa shape index (κ3) is 79.6. The van der Waals surface area contributed by atoms with Gasteiger partial charge >= 0.3 is 11.9 Å². The van der Waals surface area contributed by atoms with E-state index in [1.807, 2.05) is 21.1 Å². The largest absolute Gasteiger partial charge is 0.545 e. The van der Waals surface area contributed by atoms with E-state index in [9.17, 15) is 19.5 Å². The first-order valence-corrected chi connectivity index (χ1v) is 39.9. The monoisotopic (exact) mass is 1370 g/mol. The Kier molecular flexibility index (Phi) is 73.7. The number of carboxylic acid groups (broad SMARTS) is 1. The summed E-state index contributed by atoms with van der Waals surface area (Å²) in [7, 11) is 5.93. The number of aliphatic carboxylic acids is 1. The van der Waals surface area contributed by atoms with Crippen LogP contribution in [0.4, 0.5) is 0 Å². The molecule has 0 aromatic heterocycles. The highest BCUT2D eigenvalue weighted by Gasteiger charge is 2.22. The fourth-order valence-corrected chi connectivity index (χ4v) is 10.7. The quantitative estimate of drug-likeness (QED) is 0.0195. The van der Waals surface area contributed by atoms with Gasteiger partial charge in [-0.3, -0.25) is 9.59 Å². The zero-order valence-corrected chi connectivity index (χ0v) is 64.0.